The van der Waals surface area contributed by atoms with Gasteiger partial charge in [-0.05, 0) is 51.0 Å². The summed E-state index contributed by atoms with van der Waals surface area (Å²) in [6.07, 6.45) is 7.05. The molecule has 2 heteroatoms. The highest BCUT2D eigenvalue weighted by atomic mass is 16.5. The Morgan fingerprint density at radius 3 is 2.44 bits per heavy atom. The summed E-state index contributed by atoms with van der Waals surface area (Å²) >= 11 is 0. The number of ether oxygens (including phenoxy) is 1. The predicted octanol–water partition coefficient (Wildman–Crippen LogP) is 4.00. The summed E-state index contributed by atoms with van der Waals surface area (Å²) in [5.74, 6) is 0.831. The minimum absolute atomic E-state index is 0.363. The summed E-state index contributed by atoms with van der Waals surface area (Å²) < 4.78 is 5.59. The zero-order valence-corrected chi connectivity index (χ0v) is 13.1. The molecule has 2 unspecified atom stereocenters. The molecule has 108 valence electrons. The number of hydrogen-bond acceptors (Lipinski definition) is 2. The van der Waals surface area contributed by atoms with Crippen LogP contribution in [0.2, 0.25) is 0 Å². The first-order valence-electron chi connectivity index (χ1n) is 7.76. The normalized spacial score (nSPS) is 25.7. The Bertz CT molecular complexity index is 220. The lowest BCUT2D eigenvalue weighted by Crippen LogP contribution is -2.44. The maximum atomic E-state index is 5.59. The van der Waals surface area contributed by atoms with Gasteiger partial charge < -0.3 is 10.1 Å². The maximum absolute atomic E-state index is 5.59. The summed E-state index contributed by atoms with van der Waals surface area (Å²) in [4.78, 5) is 0. The van der Waals surface area contributed by atoms with Crippen LogP contribution in [0.25, 0.3) is 0 Å². The van der Waals surface area contributed by atoms with Crippen molar-refractivity contribution in [1.29, 1.82) is 0 Å². The molecule has 0 spiro atoms. The van der Waals surface area contributed by atoms with E-state index in [-0.39, 0.29) is 0 Å². The van der Waals surface area contributed by atoms with Crippen LogP contribution in [-0.4, -0.2) is 25.3 Å². The van der Waals surface area contributed by atoms with Crippen LogP contribution >= 0.6 is 0 Å². The van der Waals surface area contributed by atoms with Gasteiger partial charge in [-0.1, -0.05) is 33.6 Å². The van der Waals surface area contributed by atoms with Gasteiger partial charge >= 0.3 is 0 Å². The summed E-state index contributed by atoms with van der Waals surface area (Å²) in [7, 11) is 0. The van der Waals surface area contributed by atoms with Crippen molar-refractivity contribution in [3.8, 4) is 0 Å². The van der Waals surface area contributed by atoms with E-state index in [0.29, 0.717) is 11.5 Å². The topological polar surface area (TPSA) is 21.3 Å². The van der Waals surface area contributed by atoms with E-state index < -0.39 is 0 Å². The Kier molecular flexibility index (Phi) is 6.65. The minimum atomic E-state index is 0.363. The molecule has 0 amide bonds. The maximum Gasteiger partial charge on any atom is 0.0518 e. The Labute approximate surface area is 114 Å². The van der Waals surface area contributed by atoms with Crippen molar-refractivity contribution in [2.24, 2.45) is 11.3 Å². The molecule has 2 nitrogen and oxygen atoms in total. The standard InChI is InChI=1S/C16H33NO/c1-13(2)18-12-8-11-17-15-10-7-6-9-14(15)16(3,4)5/h13-15,17H,6-12H2,1-5H3. The van der Waals surface area contributed by atoms with Gasteiger partial charge in [-0.3, -0.25) is 0 Å². The van der Waals surface area contributed by atoms with E-state index in [9.17, 15) is 0 Å². The van der Waals surface area contributed by atoms with Crippen molar-refractivity contribution in [2.45, 2.75) is 78.9 Å². The fourth-order valence-electron chi connectivity index (χ4n) is 3.09. The number of hydrogen-bond donors (Lipinski definition) is 1. The Balaban J connectivity index is 2.26. The second-order valence-corrected chi connectivity index (χ2v) is 7.09. The van der Waals surface area contributed by atoms with Gasteiger partial charge in [0.05, 0.1) is 6.10 Å². The second kappa shape index (κ2) is 7.49. The van der Waals surface area contributed by atoms with Crippen LogP contribution in [0.3, 0.4) is 0 Å². The Hall–Kier alpha value is -0.0800. The van der Waals surface area contributed by atoms with Crippen LogP contribution in [0.4, 0.5) is 0 Å². The van der Waals surface area contributed by atoms with E-state index in [0.717, 1.165) is 31.5 Å². The molecule has 0 aromatic carbocycles. The highest BCUT2D eigenvalue weighted by molar-refractivity contribution is 4.88. The quantitative estimate of drug-likeness (QED) is 0.724. The molecule has 2 atom stereocenters. The zero-order chi connectivity index (χ0) is 13.6. The van der Waals surface area contributed by atoms with Gasteiger partial charge in [0.1, 0.15) is 0 Å². The third-order valence-corrected chi connectivity index (χ3v) is 4.06. The molecule has 0 aliphatic heterocycles. The molecule has 1 rings (SSSR count). The number of rotatable bonds is 6. The van der Waals surface area contributed by atoms with Gasteiger partial charge in [0.15, 0.2) is 0 Å². The van der Waals surface area contributed by atoms with Crippen molar-refractivity contribution >= 4 is 0 Å². The molecule has 0 heterocycles. The lowest BCUT2D eigenvalue weighted by atomic mass is 9.69. The fourth-order valence-corrected chi connectivity index (χ4v) is 3.09. The first-order chi connectivity index (χ1) is 8.41. The number of nitrogens with one attached hydrogen (secondary N) is 1. The third-order valence-electron chi connectivity index (χ3n) is 4.06. The van der Waals surface area contributed by atoms with Gasteiger partial charge in [0.25, 0.3) is 0 Å². The van der Waals surface area contributed by atoms with Crippen LogP contribution in [0.1, 0.15) is 66.7 Å². The molecule has 1 saturated carbocycles. The van der Waals surface area contributed by atoms with Crippen molar-refractivity contribution in [1.82, 2.24) is 5.32 Å². The highest BCUT2D eigenvalue weighted by Gasteiger charge is 2.33. The summed E-state index contributed by atoms with van der Waals surface area (Å²) in [6.45, 7) is 13.4. The molecular formula is C16H33NO. The lowest BCUT2D eigenvalue weighted by molar-refractivity contribution is 0.0739. The predicted molar refractivity (Wildman–Crippen MR) is 78.9 cm³/mol. The average Bonchev–Trinajstić information content (AvgIpc) is 2.27. The Morgan fingerprint density at radius 1 is 1.17 bits per heavy atom. The molecule has 0 aromatic heterocycles. The first-order valence-corrected chi connectivity index (χ1v) is 7.76. The van der Waals surface area contributed by atoms with Crippen LogP contribution < -0.4 is 5.32 Å². The molecule has 0 saturated heterocycles. The minimum Gasteiger partial charge on any atom is -0.379 e. The smallest absolute Gasteiger partial charge is 0.0518 e. The van der Waals surface area contributed by atoms with Crippen molar-refractivity contribution < 1.29 is 4.74 Å². The molecule has 1 aliphatic carbocycles. The zero-order valence-electron chi connectivity index (χ0n) is 13.1. The second-order valence-electron chi connectivity index (χ2n) is 7.09. The highest BCUT2D eigenvalue weighted by Crippen LogP contribution is 2.37. The van der Waals surface area contributed by atoms with Gasteiger partial charge in [0.2, 0.25) is 0 Å². The van der Waals surface area contributed by atoms with E-state index in [1.807, 2.05) is 0 Å². The van der Waals surface area contributed by atoms with Gasteiger partial charge in [-0.15, -0.1) is 0 Å². The van der Waals surface area contributed by atoms with Crippen LogP contribution in [0.5, 0.6) is 0 Å². The van der Waals surface area contributed by atoms with E-state index >= 15 is 0 Å². The van der Waals surface area contributed by atoms with E-state index in [4.69, 9.17) is 4.74 Å². The SMILES string of the molecule is CC(C)OCCCNC1CCCCC1C(C)(C)C. The largest absolute Gasteiger partial charge is 0.379 e. The van der Waals surface area contributed by atoms with E-state index in [1.165, 1.54) is 25.7 Å². The van der Waals surface area contributed by atoms with Gasteiger partial charge in [-0.25, -0.2) is 0 Å². The third kappa shape index (κ3) is 5.71. The molecule has 1 N–H and O–H groups in total. The average molecular weight is 255 g/mol. The molecule has 18 heavy (non-hydrogen) atoms. The molecule has 0 radical (unpaired) electrons. The molecule has 0 aromatic rings. The van der Waals surface area contributed by atoms with E-state index in [1.54, 1.807) is 0 Å². The van der Waals surface area contributed by atoms with Crippen molar-refractivity contribution in [3.63, 3.8) is 0 Å². The Morgan fingerprint density at radius 2 is 1.83 bits per heavy atom. The molecule has 0 bridgehead atoms. The summed E-state index contributed by atoms with van der Waals surface area (Å²) in [5.41, 5.74) is 0.437. The molecule has 1 fully saturated rings. The van der Waals surface area contributed by atoms with Crippen LogP contribution in [0.15, 0.2) is 0 Å². The lowest BCUT2D eigenvalue weighted by Gasteiger charge is -2.41. The van der Waals surface area contributed by atoms with Crippen molar-refractivity contribution in [3.05, 3.63) is 0 Å². The fraction of sp³-hybridized carbons (Fsp3) is 1.00. The monoisotopic (exact) mass is 255 g/mol. The van der Waals surface area contributed by atoms with Crippen molar-refractivity contribution in [2.75, 3.05) is 13.2 Å². The van der Waals surface area contributed by atoms with E-state index in [2.05, 4.69) is 39.9 Å². The van der Waals surface area contributed by atoms with Gasteiger partial charge in [0, 0.05) is 12.6 Å². The van der Waals surface area contributed by atoms with Crippen LogP contribution in [0, 0.1) is 11.3 Å². The first kappa shape index (κ1) is 16.0. The molecular weight excluding hydrogens is 222 g/mol. The molecule has 1 aliphatic rings. The van der Waals surface area contributed by atoms with Gasteiger partial charge in [-0.2, -0.15) is 0 Å². The van der Waals surface area contributed by atoms with Crippen LogP contribution in [-0.2, 0) is 4.74 Å². The summed E-state index contributed by atoms with van der Waals surface area (Å²) in [5, 5.41) is 3.77. The summed E-state index contributed by atoms with van der Waals surface area (Å²) in [6, 6.07) is 0.720.